The maximum atomic E-state index is 12.8. The lowest BCUT2D eigenvalue weighted by molar-refractivity contribution is 0.0988. The van der Waals surface area contributed by atoms with Crippen molar-refractivity contribution in [2.24, 2.45) is 0 Å². The van der Waals surface area contributed by atoms with Crippen LogP contribution in [0.25, 0.3) is 5.57 Å². The molecule has 0 aromatic heterocycles. The Morgan fingerprint density at radius 3 is 2.73 bits per heavy atom. The second-order valence-electron chi connectivity index (χ2n) is 5.68. The van der Waals surface area contributed by atoms with Gasteiger partial charge in [-0.2, -0.15) is 5.26 Å². The molecule has 1 atom stereocenters. The van der Waals surface area contributed by atoms with Gasteiger partial charge in [0.2, 0.25) is 0 Å². The highest BCUT2D eigenvalue weighted by atomic mass is 16.2. The molecule has 3 nitrogen and oxygen atoms in total. The predicted molar refractivity (Wildman–Crippen MR) is 85.5 cm³/mol. The molecular formula is C19H14N2O. The van der Waals surface area contributed by atoms with Crippen molar-refractivity contribution < 1.29 is 4.79 Å². The fraction of sp³-hybridized carbons (Fsp3) is 0.158. The smallest absolute Gasteiger partial charge is 0.258 e. The van der Waals surface area contributed by atoms with E-state index in [9.17, 15) is 10.1 Å². The minimum absolute atomic E-state index is 0.0295. The number of allylic oxidation sites excluding steroid dienone is 2. The first kappa shape index (κ1) is 12.8. The maximum Gasteiger partial charge on any atom is 0.258 e. The van der Waals surface area contributed by atoms with Crippen molar-refractivity contribution in [3.05, 3.63) is 71.3 Å². The van der Waals surface area contributed by atoms with E-state index in [0.717, 1.165) is 28.8 Å². The van der Waals surface area contributed by atoms with Crippen LogP contribution in [-0.2, 0) is 0 Å². The molecule has 1 unspecified atom stereocenters. The Morgan fingerprint density at radius 1 is 1.14 bits per heavy atom. The lowest BCUT2D eigenvalue weighted by atomic mass is 9.84. The molecule has 0 saturated carbocycles. The van der Waals surface area contributed by atoms with E-state index >= 15 is 0 Å². The van der Waals surface area contributed by atoms with Gasteiger partial charge in [0, 0.05) is 23.7 Å². The van der Waals surface area contributed by atoms with Crippen LogP contribution in [0.3, 0.4) is 0 Å². The van der Waals surface area contributed by atoms with Crippen LogP contribution in [-0.4, -0.2) is 12.5 Å². The molecule has 0 spiro atoms. The van der Waals surface area contributed by atoms with Crippen LogP contribution < -0.4 is 4.90 Å². The van der Waals surface area contributed by atoms with Crippen molar-refractivity contribution in [2.75, 3.05) is 11.4 Å². The molecule has 0 saturated heterocycles. The van der Waals surface area contributed by atoms with E-state index < -0.39 is 0 Å². The van der Waals surface area contributed by atoms with Crippen LogP contribution in [0, 0.1) is 11.3 Å². The third-order valence-corrected chi connectivity index (χ3v) is 4.47. The third kappa shape index (κ3) is 1.78. The van der Waals surface area contributed by atoms with Gasteiger partial charge in [0.25, 0.3) is 5.91 Å². The van der Waals surface area contributed by atoms with Gasteiger partial charge < -0.3 is 4.90 Å². The number of hydrogen-bond donors (Lipinski definition) is 0. The molecule has 2 aliphatic rings. The Balaban J connectivity index is 1.80. The summed E-state index contributed by atoms with van der Waals surface area (Å²) in [5.74, 6) is 0.331. The van der Waals surface area contributed by atoms with E-state index in [4.69, 9.17) is 0 Å². The molecule has 0 N–H and O–H groups in total. The van der Waals surface area contributed by atoms with Crippen LogP contribution >= 0.6 is 0 Å². The summed E-state index contributed by atoms with van der Waals surface area (Å²) in [5.41, 5.74) is 4.52. The average molecular weight is 286 g/mol. The Morgan fingerprint density at radius 2 is 1.95 bits per heavy atom. The fourth-order valence-corrected chi connectivity index (χ4v) is 3.46. The highest BCUT2D eigenvalue weighted by molar-refractivity contribution is 6.08. The minimum Gasteiger partial charge on any atom is -0.307 e. The summed E-state index contributed by atoms with van der Waals surface area (Å²) in [6.45, 7) is 0.690. The molecule has 0 radical (unpaired) electrons. The number of nitrogens with zero attached hydrogens (tertiary/aromatic N) is 2. The molecule has 0 bridgehead atoms. The number of nitriles is 1. The van der Waals surface area contributed by atoms with Gasteiger partial charge in [-0.25, -0.2) is 0 Å². The fourth-order valence-electron chi connectivity index (χ4n) is 3.46. The largest absolute Gasteiger partial charge is 0.307 e. The first-order chi connectivity index (χ1) is 10.8. The van der Waals surface area contributed by atoms with Crippen molar-refractivity contribution in [3.8, 4) is 6.07 Å². The SMILES string of the molecule is N#CC1=CCC2CN(C(=O)c3ccccc3)c3cccc1c32. The summed E-state index contributed by atoms with van der Waals surface area (Å²) in [6.07, 6.45) is 2.82. The van der Waals surface area contributed by atoms with Gasteiger partial charge >= 0.3 is 0 Å². The summed E-state index contributed by atoms with van der Waals surface area (Å²) < 4.78 is 0. The Bertz CT molecular complexity index is 830. The van der Waals surface area contributed by atoms with Gasteiger partial charge in [-0.15, -0.1) is 0 Å². The van der Waals surface area contributed by atoms with E-state index in [1.54, 1.807) is 0 Å². The van der Waals surface area contributed by atoms with E-state index in [1.807, 2.05) is 59.5 Å². The van der Waals surface area contributed by atoms with Gasteiger partial charge in [0.1, 0.15) is 0 Å². The second kappa shape index (κ2) is 4.85. The number of carbonyl (C=O) groups is 1. The van der Waals surface area contributed by atoms with E-state index in [0.29, 0.717) is 18.0 Å². The van der Waals surface area contributed by atoms with Crippen LogP contribution in [0.15, 0.2) is 54.6 Å². The highest BCUT2D eigenvalue weighted by Gasteiger charge is 2.36. The normalized spacial score (nSPS) is 18.4. The van der Waals surface area contributed by atoms with Crippen LogP contribution in [0.1, 0.15) is 33.8 Å². The molecule has 22 heavy (non-hydrogen) atoms. The predicted octanol–water partition coefficient (Wildman–Crippen LogP) is 3.74. The standard InChI is InChI=1S/C19H14N2O/c20-11-14-9-10-15-12-21(17-8-4-7-16(14)18(15)17)19(22)13-5-2-1-3-6-13/h1-9,15H,10,12H2. The van der Waals surface area contributed by atoms with Gasteiger partial charge in [0.15, 0.2) is 0 Å². The summed E-state index contributed by atoms with van der Waals surface area (Å²) in [6, 6.07) is 17.5. The van der Waals surface area contributed by atoms with E-state index in [2.05, 4.69) is 6.07 Å². The zero-order valence-electron chi connectivity index (χ0n) is 12.0. The lowest BCUT2D eigenvalue weighted by Crippen LogP contribution is -2.29. The molecule has 2 aromatic rings. The van der Waals surface area contributed by atoms with Gasteiger partial charge in [0.05, 0.1) is 11.6 Å². The molecule has 4 rings (SSSR count). The number of carbonyl (C=O) groups excluding carboxylic acids is 1. The van der Waals surface area contributed by atoms with E-state index in [-0.39, 0.29) is 5.91 Å². The van der Waals surface area contributed by atoms with Gasteiger partial charge in [-0.05, 0) is 35.7 Å². The summed E-state index contributed by atoms with van der Waals surface area (Å²) in [7, 11) is 0. The molecule has 1 amide bonds. The first-order valence-corrected chi connectivity index (χ1v) is 7.40. The number of hydrogen-bond acceptors (Lipinski definition) is 2. The second-order valence-corrected chi connectivity index (χ2v) is 5.68. The van der Waals surface area contributed by atoms with Crippen LogP contribution in [0.4, 0.5) is 5.69 Å². The summed E-state index contributed by atoms with van der Waals surface area (Å²) >= 11 is 0. The zero-order valence-corrected chi connectivity index (χ0v) is 12.0. The molecule has 1 aliphatic carbocycles. The van der Waals surface area contributed by atoms with Gasteiger partial charge in [-0.3, -0.25) is 4.79 Å². The van der Waals surface area contributed by atoms with Crippen molar-refractivity contribution in [2.45, 2.75) is 12.3 Å². The van der Waals surface area contributed by atoms with Crippen molar-refractivity contribution >= 4 is 17.2 Å². The van der Waals surface area contributed by atoms with Crippen LogP contribution in [0.2, 0.25) is 0 Å². The first-order valence-electron chi connectivity index (χ1n) is 7.40. The minimum atomic E-state index is 0.0295. The number of rotatable bonds is 1. The molecule has 1 aliphatic heterocycles. The lowest BCUT2D eigenvalue weighted by Gasteiger charge is -2.17. The number of benzene rings is 2. The quantitative estimate of drug-likeness (QED) is 0.801. The Labute approximate surface area is 129 Å². The molecular weight excluding hydrogens is 272 g/mol. The number of amides is 1. The number of anilines is 1. The zero-order chi connectivity index (χ0) is 15.1. The highest BCUT2D eigenvalue weighted by Crippen LogP contribution is 2.46. The maximum absolute atomic E-state index is 12.8. The van der Waals surface area contributed by atoms with Crippen molar-refractivity contribution in [3.63, 3.8) is 0 Å². The Kier molecular flexibility index (Phi) is 2.83. The van der Waals surface area contributed by atoms with E-state index in [1.165, 1.54) is 0 Å². The van der Waals surface area contributed by atoms with Crippen molar-refractivity contribution in [1.29, 1.82) is 5.26 Å². The molecule has 0 fully saturated rings. The monoisotopic (exact) mass is 286 g/mol. The molecule has 1 heterocycles. The topological polar surface area (TPSA) is 44.1 Å². The molecule has 3 heteroatoms. The summed E-state index contributed by atoms with van der Waals surface area (Å²) in [4.78, 5) is 14.7. The summed E-state index contributed by atoms with van der Waals surface area (Å²) in [5, 5.41) is 9.29. The van der Waals surface area contributed by atoms with Gasteiger partial charge in [-0.1, -0.05) is 36.4 Å². The Hall–Kier alpha value is -2.86. The third-order valence-electron chi connectivity index (χ3n) is 4.47. The molecule has 106 valence electrons. The average Bonchev–Trinajstić information content (AvgIpc) is 2.96. The molecule has 2 aromatic carbocycles. The van der Waals surface area contributed by atoms with Crippen molar-refractivity contribution in [1.82, 2.24) is 0 Å². The van der Waals surface area contributed by atoms with Crippen LogP contribution in [0.5, 0.6) is 0 Å².